The first kappa shape index (κ1) is 13.4. The van der Waals surface area contributed by atoms with E-state index in [1.165, 1.54) is 0 Å². The average molecular weight is 256 g/mol. The summed E-state index contributed by atoms with van der Waals surface area (Å²) >= 11 is 0. The SMILES string of the molecule is Br.C=CC(C)(C)C(N)c1ccccc1. The topological polar surface area (TPSA) is 26.0 Å². The van der Waals surface area contributed by atoms with Crippen LogP contribution < -0.4 is 5.73 Å². The summed E-state index contributed by atoms with van der Waals surface area (Å²) in [5, 5.41) is 0. The van der Waals surface area contributed by atoms with Crippen LogP contribution in [0.15, 0.2) is 43.0 Å². The van der Waals surface area contributed by atoms with Gasteiger partial charge in [-0.15, -0.1) is 23.6 Å². The monoisotopic (exact) mass is 255 g/mol. The second-order valence-electron chi connectivity index (χ2n) is 3.91. The lowest BCUT2D eigenvalue weighted by Crippen LogP contribution is -2.27. The van der Waals surface area contributed by atoms with Crippen molar-refractivity contribution in [2.75, 3.05) is 0 Å². The highest BCUT2D eigenvalue weighted by molar-refractivity contribution is 8.93. The second-order valence-corrected chi connectivity index (χ2v) is 3.91. The highest BCUT2D eigenvalue weighted by atomic mass is 79.9. The fourth-order valence-corrected chi connectivity index (χ4v) is 1.22. The van der Waals surface area contributed by atoms with Crippen molar-refractivity contribution in [3.05, 3.63) is 48.6 Å². The van der Waals surface area contributed by atoms with Crippen molar-refractivity contribution in [3.8, 4) is 0 Å². The maximum atomic E-state index is 6.11. The molecule has 0 aromatic heterocycles. The van der Waals surface area contributed by atoms with E-state index in [0.29, 0.717) is 0 Å². The predicted octanol–water partition coefficient (Wildman–Crippen LogP) is 3.48. The molecule has 0 amide bonds. The number of hydrogen-bond acceptors (Lipinski definition) is 1. The third-order valence-electron chi connectivity index (χ3n) is 2.49. The van der Waals surface area contributed by atoms with Gasteiger partial charge in [-0.05, 0) is 5.56 Å². The molecule has 1 aromatic rings. The molecular weight excluding hydrogens is 238 g/mol. The standard InChI is InChI=1S/C12H17N.BrH/c1-4-12(2,3)11(13)10-8-6-5-7-9-10;/h4-9,11H,1,13H2,2-3H3;1H. The maximum Gasteiger partial charge on any atom is 0.0381 e. The first-order valence-corrected chi connectivity index (χ1v) is 4.52. The number of hydrogen-bond donors (Lipinski definition) is 1. The van der Waals surface area contributed by atoms with Crippen LogP contribution in [0.5, 0.6) is 0 Å². The van der Waals surface area contributed by atoms with E-state index in [9.17, 15) is 0 Å². The van der Waals surface area contributed by atoms with Gasteiger partial charge >= 0.3 is 0 Å². The molecule has 0 bridgehead atoms. The van der Waals surface area contributed by atoms with Gasteiger partial charge < -0.3 is 5.73 Å². The van der Waals surface area contributed by atoms with E-state index in [2.05, 4.69) is 32.6 Å². The molecule has 1 unspecified atom stereocenters. The van der Waals surface area contributed by atoms with Crippen molar-refractivity contribution in [2.45, 2.75) is 19.9 Å². The van der Waals surface area contributed by atoms with Gasteiger partial charge in [0.25, 0.3) is 0 Å². The van der Waals surface area contributed by atoms with E-state index >= 15 is 0 Å². The quantitative estimate of drug-likeness (QED) is 0.823. The van der Waals surface area contributed by atoms with Crippen LogP contribution in [-0.2, 0) is 0 Å². The van der Waals surface area contributed by atoms with Crippen molar-refractivity contribution < 1.29 is 0 Å². The van der Waals surface area contributed by atoms with E-state index in [-0.39, 0.29) is 28.4 Å². The summed E-state index contributed by atoms with van der Waals surface area (Å²) in [5.41, 5.74) is 7.22. The Morgan fingerprint density at radius 1 is 1.29 bits per heavy atom. The van der Waals surface area contributed by atoms with Crippen LogP contribution in [0.4, 0.5) is 0 Å². The molecule has 0 saturated heterocycles. The molecule has 1 aromatic carbocycles. The molecule has 0 saturated carbocycles. The normalized spacial score (nSPS) is 12.8. The molecule has 0 fully saturated rings. The van der Waals surface area contributed by atoms with Gasteiger partial charge in [0.2, 0.25) is 0 Å². The summed E-state index contributed by atoms with van der Waals surface area (Å²) in [7, 11) is 0. The molecule has 1 nitrogen and oxygen atoms in total. The van der Waals surface area contributed by atoms with Crippen LogP contribution in [0.25, 0.3) is 0 Å². The molecule has 0 aliphatic carbocycles. The molecule has 1 rings (SSSR count). The Kier molecular flexibility index (Phi) is 5.09. The molecule has 0 aliphatic rings. The van der Waals surface area contributed by atoms with Gasteiger partial charge in [0.15, 0.2) is 0 Å². The molecule has 1 atom stereocenters. The molecule has 78 valence electrons. The van der Waals surface area contributed by atoms with Crippen molar-refractivity contribution in [1.82, 2.24) is 0 Å². The Morgan fingerprint density at radius 3 is 2.21 bits per heavy atom. The molecule has 14 heavy (non-hydrogen) atoms. The average Bonchev–Trinajstić information content (AvgIpc) is 2.18. The highest BCUT2D eigenvalue weighted by Gasteiger charge is 2.23. The van der Waals surface area contributed by atoms with Gasteiger partial charge in [-0.25, -0.2) is 0 Å². The zero-order valence-corrected chi connectivity index (χ0v) is 10.4. The number of halogens is 1. The summed E-state index contributed by atoms with van der Waals surface area (Å²) in [6.45, 7) is 7.99. The van der Waals surface area contributed by atoms with E-state index in [1.54, 1.807) is 0 Å². The third-order valence-corrected chi connectivity index (χ3v) is 2.49. The van der Waals surface area contributed by atoms with Crippen LogP contribution in [-0.4, -0.2) is 0 Å². The summed E-state index contributed by atoms with van der Waals surface area (Å²) in [6, 6.07) is 10.1. The van der Waals surface area contributed by atoms with E-state index in [0.717, 1.165) is 5.56 Å². The van der Waals surface area contributed by atoms with Gasteiger partial charge in [0, 0.05) is 11.5 Å². The predicted molar refractivity (Wildman–Crippen MR) is 67.7 cm³/mol. The van der Waals surface area contributed by atoms with Crippen LogP contribution in [0.2, 0.25) is 0 Å². The van der Waals surface area contributed by atoms with Crippen LogP contribution in [0.3, 0.4) is 0 Å². The molecule has 0 spiro atoms. The van der Waals surface area contributed by atoms with Crippen molar-refractivity contribution >= 4 is 17.0 Å². The van der Waals surface area contributed by atoms with Gasteiger partial charge in [0.1, 0.15) is 0 Å². The van der Waals surface area contributed by atoms with Gasteiger partial charge in [0.05, 0.1) is 0 Å². The summed E-state index contributed by atoms with van der Waals surface area (Å²) < 4.78 is 0. The summed E-state index contributed by atoms with van der Waals surface area (Å²) in [5.74, 6) is 0. The van der Waals surface area contributed by atoms with Gasteiger partial charge in [-0.2, -0.15) is 0 Å². The summed E-state index contributed by atoms with van der Waals surface area (Å²) in [6.07, 6.45) is 1.91. The largest absolute Gasteiger partial charge is 0.323 e. The number of nitrogens with two attached hydrogens (primary N) is 1. The lowest BCUT2D eigenvalue weighted by molar-refractivity contribution is 0.381. The second kappa shape index (κ2) is 5.32. The molecule has 0 aliphatic heterocycles. The Morgan fingerprint density at radius 2 is 1.79 bits per heavy atom. The molecule has 0 radical (unpaired) electrons. The number of rotatable bonds is 3. The van der Waals surface area contributed by atoms with Gasteiger partial charge in [-0.3, -0.25) is 0 Å². The van der Waals surface area contributed by atoms with E-state index in [1.807, 2.05) is 24.3 Å². The minimum Gasteiger partial charge on any atom is -0.323 e. The smallest absolute Gasteiger partial charge is 0.0381 e. The Balaban J connectivity index is 0.00000169. The first-order valence-electron chi connectivity index (χ1n) is 4.52. The zero-order chi connectivity index (χ0) is 9.90. The van der Waals surface area contributed by atoms with E-state index in [4.69, 9.17) is 5.73 Å². The van der Waals surface area contributed by atoms with Crippen LogP contribution in [0.1, 0.15) is 25.5 Å². The first-order chi connectivity index (χ1) is 6.08. The molecule has 2 N–H and O–H groups in total. The van der Waals surface area contributed by atoms with Crippen molar-refractivity contribution in [3.63, 3.8) is 0 Å². The fraction of sp³-hybridized carbons (Fsp3) is 0.333. The zero-order valence-electron chi connectivity index (χ0n) is 8.73. The summed E-state index contributed by atoms with van der Waals surface area (Å²) in [4.78, 5) is 0. The van der Waals surface area contributed by atoms with Crippen LogP contribution in [0, 0.1) is 5.41 Å². The molecule has 2 heteroatoms. The minimum atomic E-state index is -0.0542. The Bertz CT molecular complexity index is 280. The lowest BCUT2D eigenvalue weighted by Gasteiger charge is -2.28. The van der Waals surface area contributed by atoms with Gasteiger partial charge in [-0.1, -0.05) is 50.3 Å². The fourth-order valence-electron chi connectivity index (χ4n) is 1.22. The van der Waals surface area contributed by atoms with Crippen molar-refractivity contribution in [1.29, 1.82) is 0 Å². The van der Waals surface area contributed by atoms with Crippen LogP contribution >= 0.6 is 17.0 Å². The Labute approximate surface area is 96.8 Å². The Hall–Kier alpha value is -0.600. The molecular formula is C12H18BrN. The third kappa shape index (κ3) is 2.96. The highest BCUT2D eigenvalue weighted by Crippen LogP contribution is 2.31. The van der Waals surface area contributed by atoms with Crippen molar-refractivity contribution in [2.24, 2.45) is 11.1 Å². The maximum absolute atomic E-state index is 6.11. The molecule has 0 heterocycles. The lowest BCUT2D eigenvalue weighted by atomic mass is 9.81. The minimum absolute atomic E-state index is 0. The number of benzene rings is 1. The van der Waals surface area contributed by atoms with E-state index < -0.39 is 0 Å².